The lowest BCUT2D eigenvalue weighted by molar-refractivity contribution is -0.128. The predicted molar refractivity (Wildman–Crippen MR) is 79.7 cm³/mol. The Bertz CT molecular complexity index is 346. The number of hydrogen-bond acceptors (Lipinski definition) is 4. The van der Waals surface area contributed by atoms with Gasteiger partial charge in [0, 0.05) is 52.2 Å². The van der Waals surface area contributed by atoms with Gasteiger partial charge in [-0.3, -0.25) is 9.69 Å². The molecule has 20 heavy (non-hydrogen) atoms. The van der Waals surface area contributed by atoms with Crippen molar-refractivity contribution in [3.05, 3.63) is 0 Å². The van der Waals surface area contributed by atoms with Crippen LogP contribution in [0.25, 0.3) is 0 Å². The molecule has 3 saturated heterocycles. The van der Waals surface area contributed by atoms with Crippen molar-refractivity contribution in [2.45, 2.75) is 19.3 Å². The van der Waals surface area contributed by atoms with Crippen LogP contribution in [-0.2, 0) is 4.79 Å². The molecule has 3 aliphatic rings. The van der Waals surface area contributed by atoms with Crippen LogP contribution in [0.5, 0.6) is 0 Å². The van der Waals surface area contributed by atoms with Crippen LogP contribution in [0, 0.1) is 5.41 Å². The predicted octanol–water partition coefficient (Wildman–Crippen LogP) is -0.164. The van der Waals surface area contributed by atoms with Crippen molar-refractivity contribution >= 4 is 5.91 Å². The van der Waals surface area contributed by atoms with E-state index in [4.69, 9.17) is 0 Å². The standard InChI is InChI=1S/C15H28N4O/c1-17-6-8-18(9-7-17)10-11-19-13-15(12-14(19)20)2-4-16-5-3-15/h16H,2-13H2,1H3. The van der Waals surface area contributed by atoms with Gasteiger partial charge in [0.25, 0.3) is 0 Å². The highest BCUT2D eigenvalue weighted by atomic mass is 16.2. The fourth-order valence-electron chi connectivity index (χ4n) is 3.81. The Hall–Kier alpha value is -0.650. The number of likely N-dealkylation sites (N-methyl/N-ethyl adjacent to an activating group) is 1. The van der Waals surface area contributed by atoms with E-state index in [1.54, 1.807) is 0 Å². The highest BCUT2D eigenvalue weighted by molar-refractivity contribution is 5.79. The zero-order chi connectivity index (χ0) is 14.0. The largest absolute Gasteiger partial charge is 0.341 e. The summed E-state index contributed by atoms with van der Waals surface area (Å²) in [6.45, 7) is 9.75. The van der Waals surface area contributed by atoms with Crippen LogP contribution in [-0.4, -0.2) is 86.6 Å². The number of piperazine rings is 1. The molecule has 1 amide bonds. The number of amides is 1. The molecule has 3 aliphatic heterocycles. The average molecular weight is 280 g/mol. The number of carbonyl (C=O) groups is 1. The first-order valence-electron chi connectivity index (χ1n) is 8.06. The van der Waals surface area contributed by atoms with Crippen LogP contribution in [0.2, 0.25) is 0 Å². The monoisotopic (exact) mass is 280 g/mol. The fraction of sp³-hybridized carbons (Fsp3) is 0.933. The lowest BCUT2D eigenvalue weighted by Gasteiger charge is -2.35. The Labute approximate surface area is 122 Å². The van der Waals surface area contributed by atoms with E-state index in [9.17, 15) is 4.79 Å². The Kier molecular flexibility index (Phi) is 4.29. The summed E-state index contributed by atoms with van der Waals surface area (Å²) in [4.78, 5) is 19.3. The Balaban J connectivity index is 1.47. The number of rotatable bonds is 3. The van der Waals surface area contributed by atoms with Gasteiger partial charge >= 0.3 is 0 Å². The second kappa shape index (κ2) is 6.00. The maximum atomic E-state index is 12.3. The van der Waals surface area contributed by atoms with Gasteiger partial charge in [0.1, 0.15) is 0 Å². The molecule has 3 fully saturated rings. The molecule has 114 valence electrons. The van der Waals surface area contributed by atoms with Crippen LogP contribution < -0.4 is 5.32 Å². The van der Waals surface area contributed by atoms with E-state index < -0.39 is 0 Å². The van der Waals surface area contributed by atoms with Crippen LogP contribution in [0.1, 0.15) is 19.3 Å². The minimum Gasteiger partial charge on any atom is -0.341 e. The van der Waals surface area contributed by atoms with Gasteiger partial charge in [-0.1, -0.05) is 0 Å². The molecule has 5 heteroatoms. The number of carbonyl (C=O) groups excluding carboxylic acids is 1. The van der Waals surface area contributed by atoms with Crippen molar-refractivity contribution in [1.82, 2.24) is 20.0 Å². The van der Waals surface area contributed by atoms with Gasteiger partial charge in [0.15, 0.2) is 0 Å². The van der Waals surface area contributed by atoms with E-state index in [1.165, 1.54) is 12.8 Å². The summed E-state index contributed by atoms with van der Waals surface area (Å²) in [6.07, 6.45) is 3.13. The minimum absolute atomic E-state index is 0.296. The van der Waals surface area contributed by atoms with Gasteiger partial charge in [-0.2, -0.15) is 0 Å². The number of likely N-dealkylation sites (tertiary alicyclic amines) is 1. The third-order valence-electron chi connectivity index (χ3n) is 5.35. The molecule has 0 radical (unpaired) electrons. The maximum absolute atomic E-state index is 12.3. The lowest BCUT2D eigenvalue weighted by Crippen LogP contribution is -2.47. The first kappa shape index (κ1) is 14.3. The molecule has 5 nitrogen and oxygen atoms in total. The first-order chi connectivity index (χ1) is 9.67. The quantitative estimate of drug-likeness (QED) is 0.779. The summed E-state index contributed by atoms with van der Waals surface area (Å²) in [7, 11) is 2.18. The van der Waals surface area contributed by atoms with Gasteiger partial charge in [0.2, 0.25) is 5.91 Å². The molecule has 3 rings (SSSR count). The number of piperidine rings is 1. The van der Waals surface area contributed by atoms with E-state index in [0.29, 0.717) is 11.3 Å². The molecule has 0 bridgehead atoms. The summed E-state index contributed by atoms with van der Waals surface area (Å²) >= 11 is 0. The summed E-state index contributed by atoms with van der Waals surface area (Å²) in [5.41, 5.74) is 0.296. The van der Waals surface area contributed by atoms with Crippen molar-refractivity contribution in [3.8, 4) is 0 Å². The molecule has 0 aromatic carbocycles. The van der Waals surface area contributed by atoms with Gasteiger partial charge in [-0.05, 0) is 38.4 Å². The Morgan fingerprint density at radius 3 is 2.50 bits per heavy atom. The second-order valence-corrected chi connectivity index (χ2v) is 6.89. The first-order valence-corrected chi connectivity index (χ1v) is 8.06. The highest BCUT2D eigenvalue weighted by Crippen LogP contribution is 2.39. The fourth-order valence-corrected chi connectivity index (χ4v) is 3.81. The molecule has 3 heterocycles. The summed E-state index contributed by atoms with van der Waals surface area (Å²) in [5.74, 6) is 0.390. The number of nitrogens with zero attached hydrogens (tertiary/aromatic N) is 3. The average Bonchev–Trinajstić information content (AvgIpc) is 2.75. The number of nitrogens with one attached hydrogen (secondary N) is 1. The smallest absolute Gasteiger partial charge is 0.223 e. The van der Waals surface area contributed by atoms with Crippen molar-refractivity contribution in [2.24, 2.45) is 5.41 Å². The molecule has 1 spiro atoms. The highest BCUT2D eigenvalue weighted by Gasteiger charge is 2.43. The molecule has 1 N–H and O–H groups in total. The van der Waals surface area contributed by atoms with Crippen LogP contribution in [0.15, 0.2) is 0 Å². The Morgan fingerprint density at radius 2 is 1.80 bits per heavy atom. The topological polar surface area (TPSA) is 38.8 Å². The van der Waals surface area contributed by atoms with Crippen LogP contribution >= 0.6 is 0 Å². The maximum Gasteiger partial charge on any atom is 0.223 e. The molecule has 0 atom stereocenters. The second-order valence-electron chi connectivity index (χ2n) is 6.89. The van der Waals surface area contributed by atoms with Crippen molar-refractivity contribution in [1.29, 1.82) is 0 Å². The molecule has 0 unspecified atom stereocenters. The lowest BCUT2D eigenvalue weighted by atomic mass is 9.78. The summed E-state index contributed by atoms with van der Waals surface area (Å²) < 4.78 is 0. The van der Waals surface area contributed by atoms with Crippen LogP contribution in [0.4, 0.5) is 0 Å². The third kappa shape index (κ3) is 3.15. The molecule has 0 aromatic heterocycles. The number of hydrogen-bond donors (Lipinski definition) is 1. The molecule has 0 saturated carbocycles. The van der Waals surface area contributed by atoms with E-state index in [2.05, 4.69) is 27.1 Å². The normalized spacial score (nSPS) is 28.4. The summed E-state index contributed by atoms with van der Waals surface area (Å²) in [5, 5.41) is 3.41. The van der Waals surface area contributed by atoms with Crippen molar-refractivity contribution in [3.63, 3.8) is 0 Å². The SMILES string of the molecule is CN1CCN(CCN2CC3(CCNCC3)CC2=O)CC1. The van der Waals surface area contributed by atoms with Gasteiger partial charge in [0.05, 0.1) is 0 Å². The van der Waals surface area contributed by atoms with E-state index in [0.717, 1.165) is 65.3 Å². The van der Waals surface area contributed by atoms with E-state index in [1.807, 2.05) is 0 Å². The van der Waals surface area contributed by atoms with Gasteiger partial charge in [-0.15, -0.1) is 0 Å². The summed E-state index contributed by atoms with van der Waals surface area (Å²) in [6, 6.07) is 0. The van der Waals surface area contributed by atoms with E-state index >= 15 is 0 Å². The van der Waals surface area contributed by atoms with Crippen molar-refractivity contribution in [2.75, 3.05) is 66.0 Å². The molecular formula is C15H28N4O. The zero-order valence-electron chi connectivity index (χ0n) is 12.7. The van der Waals surface area contributed by atoms with Gasteiger partial charge < -0.3 is 15.1 Å². The molecular weight excluding hydrogens is 252 g/mol. The van der Waals surface area contributed by atoms with Crippen LogP contribution in [0.3, 0.4) is 0 Å². The van der Waals surface area contributed by atoms with Crippen molar-refractivity contribution < 1.29 is 4.79 Å². The zero-order valence-corrected chi connectivity index (χ0v) is 12.7. The van der Waals surface area contributed by atoms with Gasteiger partial charge in [-0.25, -0.2) is 0 Å². The molecule has 0 aliphatic carbocycles. The molecule has 0 aromatic rings. The van der Waals surface area contributed by atoms with E-state index in [-0.39, 0.29) is 0 Å². The Morgan fingerprint density at radius 1 is 1.10 bits per heavy atom. The third-order valence-corrected chi connectivity index (χ3v) is 5.35. The minimum atomic E-state index is 0.296.